The summed E-state index contributed by atoms with van der Waals surface area (Å²) in [5.41, 5.74) is 6.95. The van der Waals surface area contributed by atoms with Crippen molar-refractivity contribution in [2.75, 3.05) is 7.05 Å². The van der Waals surface area contributed by atoms with E-state index >= 15 is 0 Å². The monoisotopic (exact) mass is 317 g/mol. The van der Waals surface area contributed by atoms with Crippen LogP contribution in [0, 0.1) is 5.92 Å². The molecule has 1 aliphatic carbocycles. The van der Waals surface area contributed by atoms with Crippen molar-refractivity contribution in [3.63, 3.8) is 0 Å². The Morgan fingerprint density at radius 2 is 2.05 bits per heavy atom. The molecule has 0 saturated heterocycles. The van der Waals surface area contributed by atoms with E-state index in [4.69, 9.17) is 5.73 Å². The van der Waals surface area contributed by atoms with E-state index < -0.39 is 12.1 Å². The van der Waals surface area contributed by atoms with Gasteiger partial charge in [0.1, 0.15) is 0 Å². The van der Waals surface area contributed by atoms with Gasteiger partial charge >= 0.3 is 6.18 Å². The van der Waals surface area contributed by atoms with E-state index in [1.54, 1.807) is 15.8 Å². The summed E-state index contributed by atoms with van der Waals surface area (Å²) in [6, 6.07) is -0.116. The first kappa shape index (κ1) is 16.6. The second-order valence-corrected chi connectivity index (χ2v) is 5.91. The summed E-state index contributed by atoms with van der Waals surface area (Å²) < 4.78 is 39.6. The van der Waals surface area contributed by atoms with Crippen LogP contribution in [0.15, 0.2) is 17.4 Å². The van der Waals surface area contributed by atoms with Crippen LogP contribution in [-0.4, -0.2) is 39.9 Å². The van der Waals surface area contributed by atoms with E-state index in [9.17, 15) is 13.2 Å². The Bertz CT molecular complexity index is 515. The van der Waals surface area contributed by atoms with Crippen molar-refractivity contribution in [3.05, 3.63) is 18.0 Å². The summed E-state index contributed by atoms with van der Waals surface area (Å²) in [6.45, 7) is 0.571. The number of aromatic nitrogens is 2. The molecule has 0 aliphatic heterocycles. The maximum Gasteiger partial charge on any atom is 0.391 e. The Labute approximate surface area is 128 Å². The van der Waals surface area contributed by atoms with E-state index in [1.807, 2.05) is 20.3 Å². The fourth-order valence-electron chi connectivity index (χ4n) is 2.73. The van der Waals surface area contributed by atoms with Crippen LogP contribution in [0.25, 0.3) is 0 Å². The van der Waals surface area contributed by atoms with Crippen molar-refractivity contribution in [3.8, 4) is 0 Å². The molecule has 1 saturated carbocycles. The molecule has 0 spiro atoms. The quantitative estimate of drug-likeness (QED) is 0.687. The van der Waals surface area contributed by atoms with Crippen LogP contribution in [0.1, 0.15) is 31.2 Å². The molecule has 8 heteroatoms. The molecule has 22 heavy (non-hydrogen) atoms. The molecule has 0 amide bonds. The highest BCUT2D eigenvalue weighted by atomic mass is 19.4. The molecule has 0 aromatic carbocycles. The fourth-order valence-corrected chi connectivity index (χ4v) is 2.73. The zero-order valence-corrected chi connectivity index (χ0v) is 12.8. The van der Waals surface area contributed by atoms with Crippen LogP contribution in [0.4, 0.5) is 13.2 Å². The SMILES string of the molecule is CN(Cc1cnn(C)c1)C(N)=NC1CCC(C(F)(F)F)CC1. The molecule has 0 unspecified atom stereocenters. The average Bonchev–Trinajstić information content (AvgIpc) is 2.83. The normalized spacial score (nSPS) is 23.6. The van der Waals surface area contributed by atoms with E-state index in [1.165, 1.54) is 0 Å². The first-order valence-electron chi connectivity index (χ1n) is 7.34. The second-order valence-electron chi connectivity index (χ2n) is 5.91. The van der Waals surface area contributed by atoms with Crippen molar-refractivity contribution in [2.24, 2.45) is 23.7 Å². The highest BCUT2D eigenvalue weighted by molar-refractivity contribution is 5.77. The van der Waals surface area contributed by atoms with Gasteiger partial charge in [-0.1, -0.05) is 0 Å². The number of alkyl halides is 3. The van der Waals surface area contributed by atoms with E-state index in [0.717, 1.165) is 5.56 Å². The van der Waals surface area contributed by atoms with Crippen LogP contribution in [-0.2, 0) is 13.6 Å². The molecule has 124 valence electrons. The summed E-state index contributed by atoms with van der Waals surface area (Å²) in [5.74, 6) is -0.826. The van der Waals surface area contributed by atoms with Gasteiger partial charge in [-0.15, -0.1) is 0 Å². The third-order valence-electron chi connectivity index (χ3n) is 4.04. The third kappa shape index (κ3) is 4.38. The number of hydrogen-bond donors (Lipinski definition) is 1. The molecular weight excluding hydrogens is 295 g/mol. The molecule has 0 atom stereocenters. The van der Waals surface area contributed by atoms with Crippen molar-refractivity contribution in [1.82, 2.24) is 14.7 Å². The first-order valence-corrected chi connectivity index (χ1v) is 7.34. The molecule has 1 fully saturated rings. The van der Waals surface area contributed by atoms with Gasteiger partial charge in [0.05, 0.1) is 18.2 Å². The average molecular weight is 317 g/mol. The number of guanidine groups is 1. The van der Waals surface area contributed by atoms with Crippen LogP contribution >= 0.6 is 0 Å². The summed E-state index contributed by atoms with van der Waals surface area (Å²) in [5, 5.41) is 4.08. The van der Waals surface area contributed by atoms with Gasteiger partial charge in [-0.25, -0.2) is 4.99 Å². The summed E-state index contributed by atoms with van der Waals surface area (Å²) in [4.78, 5) is 6.17. The standard InChI is InChI=1S/C14H22F3N5/c1-21(8-10-7-19-22(2)9-10)13(18)20-12-5-3-11(4-6-12)14(15,16)17/h7,9,11-12H,3-6,8H2,1-2H3,(H2,18,20). The minimum atomic E-state index is -4.09. The van der Waals surface area contributed by atoms with Crippen LogP contribution in [0.2, 0.25) is 0 Å². The van der Waals surface area contributed by atoms with Crippen LogP contribution in [0.5, 0.6) is 0 Å². The van der Waals surface area contributed by atoms with Gasteiger partial charge in [0.25, 0.3) is 0 Å². The van der Waals surface area contributed by atoms with Gasteiger partial charge in [-0.2, -0.15) is 18.3 Å². The van der Waals surface area contributed by atoms with Crippen molar-refractivity contribution in [1.29, 1.82) is 0 Å². The van der Waals surface area contributed by atoms with E-state index in [-0.39, 0.29) is 18.9 Å². The lowest BCUT2D eigenvalue weighted by Gasteiger charge is -2.28. The number of nitrogens with zero attached hydrogens (tertiary/aromatic N) is 4. The Hall–Kier alpha value is -1.73. The zero-order chi connectivity index (χ0) is 16.3. The maximum absolute atomic E-state index is 12.6. The number of halogens is 3. The van der Waals surface area contributed by atoms with Gasteiger partial charge in [0.15, 0.2) is 5.96 Å². The predicted molar refractivity (Wildman–Crippen MR) is 78.1 cm³/mol. The highest BCUT2D eigenvalue weighted by Crippen LogP contribution is 2.38. The second kappa shape index (κ2) is 6.58. The summed E-state index contributed by atoms with van der Waals surface area (Å²) in [6.07, 6.45) is 0.694. The fraction of sp³-hybridized carbons (Fsp3) is 0.714. The smallest absolute Gasteiger partial charge is 0.370 e. The molecule has 0 bridgehead atoms. The Morgan fingerprint density at radius 1 is 1.41 bits per heavy atom. The summed E-state index contributed by atoms with van der Waals surface area (Å²) >= 11 is 0. The first-order chi connectivity index (χ1) is 10.3. The van der Waals surface area contributed by atoms with Crippen molar-refractivity contribution < 1.29 is 13.2 Å². The molecule has 1 heterocycles. The van der Waals surface area contributed by atoms with Crippen LogP contribution in [0.3, 0.4) is 0 Å². The Morgan fingerprint density at radius 3 is 2.55 bits per heavy atom. The molecule has 5 nitrogen and oxygen atoms in total. The van der Waals surface area contributed by atoms with Crippen LogP contribution < -0.4 is 5.73 Å². The molecular formula is C14H22F3N5. The van der Waals surface area contributed by atoms with E-state index in [2.05, 4.69) is 10.1 Å². The van der Waals surface area contributed by atoms with Gasteiger partial charge in [-0.05, 0) is 25.7 Å². The number of aryl methyl sites for hydroxylation is 1. The zero-order valence-electron chi connectivity index (χ0n) is 12.8. The highest BCUT2D eigenvalue weighted by Gasteiger charge is 2.41. The van der Waals surface area contributed by atoms with Gasteiger partial charge in [-0.3, -0.25) is 4.68 Å². The molecule has 0 radical (unpaired) electrons. The van der Waals surface area contributed by atoms with E-state index in [0.29, 0.717) is 25.3 Å². The topological polar surface area (TPSA) is 59.4 Å². The largest absolute Gasteiger partial charge is 0.391 e. The predicted octanol–water partition coefficient (Wildman–Crippen LogP) is 2.29. The number of aliphatic imine (C=N–C) groups is 1. The number of hydrogen-bond acceptors (Lipinski definition) is 2. The lowest BCUT2D eigenvalue weighted by Crippen LogP contribution is -2.36. The third-order valence-corrected chi connectivity index (χ3v) is 4.04. The minimum absolute atomic E-state index is 0.116. The summed E-state index contributed by atoms with van der Waals surface area (Å²) in [7, 11) is 3.65. The molecule has 2 rings (SSSR count). The van der Waals surface area contributed by atoms with Gasteiger partial charge in [0, 0.05) is 32.4 Å². The number of nitrogens with two attached hydrogens (primary N) is 1. The minimum Gasteiger partial charge on any atom is -0.370 e. The lowest BCUT2D eigenvalue weighted by molar-refractivity contribution is -0.182. The van der Waals surface area contributed by atoms with Crippen molar-refractivity contribution in [2.45, 2.75) is 44.4 Å². The molecule has 2 N–H and O–H groups in total. The number of rotatable bonds is 3. The lowest BCUT2D eigenvalue weighted by atomic mass is 9.86. The molecule has 1 aromatic rings. The Balaban J connectivity index is 1.87. The van der Waals surface area contributed by atoms with Gasteiger partial charge < -0.3 is 10.6 Å². The van der Waals surface area contributed by atoms with Crippen molar-refractivity contribution >= 4 is 5.96 Å². The maximum atomic E-state index is 12.6. The molecule has 1 aliphatic rings. The molecule has 1 aromatic heterocycles. The Kier molecular flexibility index (Phi) is 4.97. The van der Waals surface area contributed by atoms with Gasteiger partial charge in [0.2, 0.25) is 0 Å².